The quantitative estimate of drug-likeness (QED) is 0.341. The molecule has 1 fully saturated rings. The third kappa shape index (κ3) is 5.26. The zero-order valence-electron chi connectivity index (χ0n) is 17.8. The van der Waals surface area contributed by atoms with E-state index in [4.69, 9.17) is 37.8 Å². The van der Waals surface area contributed by atoms with Gasteiger partial charge in [0, 0.05) is 22.3 Å². The third-order valence-electron chi connectivity index (χ3n) is 4.80. The molecule has 4 atom stereocenters. The van der Waals surface area contributed by atoms with Crippen molar-refractivity contribution in [1.82, 2.24) is 9.55 Å². The SMILES string of the molecule is CC.[B]C(O)(O[P+]1(O)OCc2cc(Cl)ccc2O1)C1CCC(n2cc(C)c(=O)[nH]c2=O)O1. The zero-order chi connectivity index (χ0) is 23.7. The Hall–Kier alpha value is -1.72. The number of ether oxygens (including phenoxy) is 1. The van der Waals surface area contributed by atoms with Crippen molar-refractivity contribution in [2.75, 3.05) is 0 Å². The summed E-state index contributed by atoms with van der Waals surface area (Å²) >= 11 is 5.92. The van der Waals surface area contributed by atoms with Crippen molar-refractivity contribution in [3.8, 4) is 5.75 Å². The number of H-pyrrole nitrogens is 1. The lowest BCUT2D eigenvalue weighted by molar-refractivity contribution is -0.181. The van der Waals surface area contributed by atoms with Gasteiger partial charge in [0.05, 0.1) is 0 Å². The van der Waals surface area contributed by atoms with Gasteiger partial charge >= 0.3 is 13.9 Å². The topological polar surface area (TPSA) is 132 Å². The minimum atomic E-state index is -4.01. The van der Waals surface area contributed by atoms with Gasteiger partial charge in [-0.2, -0.15) is 4.89 Å². The molecule has 4 rings (SSSR count). The normalized spacial score (nSPS) is 26.3. The number of nitrogens with one attached hydrogen (secondary N) is 1. The highest BCUT2D eigenvalue weighted by atomic mass is 35.5. The molecule has 4 unspecified atom stereocenters. The van der Waals surface area contributed by atoms with E-state index in [-0.39, 0.29) is 18.8 Å². The summed E-state index contributed by atoms with van der Waals surface area (Å²) < 4.78 is 22.8. The van der Waals surface area contributed by atoms with Crippen molar-refractivity contribution in [3.05, 3.63) is 61.4 Å². The molecule has 2 aliphatic heterocycles. The van der Waals surface area contributed by atoms with E-state index in [2.05, 4.69) is 4.98 Å². The van der Waals surface area contributed by atoms with Gasteiger partial charge in [-0.15, -0.1) is 9.05 Å². The van der Waals surface area contributed by atoms with E-state index in [1.165, 1.54) is 16.8 Å². The third-order valence-corrected chi connectivity index (χ3v) is 6.44. The Morgan fingerprint density at radius 2 is 2.06 bits per heavy atom. The lowest BCUT2D eigenvalue weighted by Crippen LogP contribution is -2.46. The molecule has 13 heteroatoms. The molecule has 32 heavy (non-hydrogen) atoms. The second-order valence-corrected chi connectivity index (χ2v) is 9.06. The molecule has 3 heterocycles. The molecule has 0 bridgehead atoms. The van der Waals surface area contributed by atoms with Gasteiger partial charge in [-0.05, 0) is 38.0 Å². The average molecular weight is 486 g/mol. The largest absolute Gasteiger partial charge is 0.621 e. The number of halogens is 1. The summed E-state index contributed by atoms with van der Waals surface area (Å²) in [4.78, 5) is 36.4. The van der Waals surface area contributed by atoms with Crippen LogP contribution >= 0.6 is 19.8 Å². The number of aryl methyl sites for hydroxylation is 1. The summed E-state index contributed by atoms with van der Waals surface area (Å²) in [5, 5.41) is 11.1. The highest BCUT2D eigenvalue weighted by Crippen LogP contribution is 2.63. The van der Waals surface area contributed by atoms with Crippen LogP contribution < -0.4 is 15.8 Å². The summed E-state index contributed by atoms with van der Waals surface area (Å²) in [5.74, 6) is 0.290. The van der Waals surface area contributed by atoms with Gasteiger partial charge in [0.2, 0.25) is 0 Å². The minimum Gasteiger partial charge on any atom is -0.368 e. The van der Waals surface area contributed by atoms with Gasteiger partial charge in [-0.1, -0.05) is 25.4 Å². The Labute approximate surface area is 191 Å². The van der Waals surface area contributed by atoms with Crippen LogP contribution in [0.5, 0.6) is 5.75 Å². The van der Waals surface area contributed by atoms with Gasteiger partial charge < -0.3 is 9.84 Å². The molecule has 2 aromatic rings. The summed E-state index contributed by atoms with van der Waals surface area (Å²) in [5.41, 5.74) is -2.70. The van der Waals surface area contributed by atoms with Crippen molar-refractivity contribution in [1.29, 1.82) is 0 Å². The number of fused-ring (bicyclic) bond motifs is 1. The summed E-state index contributed by atoms with van der Waals surface area (Å²) in [6.07, 6.45) is -0.0290. The molecule has 0 saturated carbocycles. The maximum Gasteiger partial charge on any atom is 0.621 e. The number of hydrogen-bond acceptors (Lipinski definition) is 8. The van der Waals surface area contributed by atoms with E-state index < -0.39 is 37.4 Å². The Morgan fingerprint density at radius 1 is 1.34 bits per heavy atom. The number of aromatic nitrogens is 2. The van der Waals surface area contributed by atoms with E-state index in [1.807, 2.05) is 13.8 Å². The van der Waals surface area contributed by atoms with Crippen molar-refractivity contribution >= 4 is 27.6 Å². The Morgan fingerprint density at radius 3 is 2.78 bits per heavy atom. The van der Waals surface area contributed by atoms with E-state index >= 15 is 0 Å². The van der Waals surface area contributed by atoms with Gasteiger partial charge in [0.15, 0.2) is 19.3 Å². The van der Waals surface area contributed by atoms with Crippen LogP contribution in [0, 0.1) is 6.92 Å². The van der Waals surface area contributed by atoms with Crippen LogP contribution in [0.4, 0.5) is 0 Å². The van der Waals surface area contributed by atoms with Gasteiger partial charge in [-0.3, -0.25) is 18.9 Å². The molecule has 10 nitrogen and oxygen atoms in total. The number of aromatic amines is 1. The molecule has 0 spiro atoms. The molecule has 2 aliphatic rings. The predicted molar refractivity (Wildman–Crippen MR) is 118 cm³/mol. The fraction of sp³-hybridized carbons (Fsp3) is 0.474. The van der Waals surface area contributed by atoms with Gasteiger partial charge in [0.25, 0.3) is 5.56 Å². The molecule has 3 N–H and O–H groups in total. The standard InChI is InChI=1S/C17H17BClN2O8P.C2H6/c1-9-7-21(16(23)20-15(9)22)14-5-4-13(27-14)17(18,24)29-30(25)26-8-10-6-11(19)2-3-12(10)28-30;1-2/h2-3,6-7,13-14,24-25H,4-5,8H2,1H3;1-2H3/p+1. The van der Waals surface area contributed by atoms with Crippen LogP contribution in [-0.2, 0) is 20.4 Å². The molecule has 172 valence electrons. The molecular formula is C19H24BClN2O8P+. The van der Waals surface area contributed by atoms with Crippen LogP contribution in [0.3, 0.4) is 0 Å². The highest BCUT2D eigenvalue weighted by Gasteiger charge is 2.58. The minimum absolute atomic E-state index is 0.0591. The van der Waals surface area contributed by atoms with Crippen molar-refractivity contribution in [3.63, 3.8) is 0 Å². The Balaban J connectivity index is 0.00000141. The fourth-order valence-corrected chi connectivity index (χ4v) is 4.82. The highest BCUT2D eigenvalue weighted by molar-refractivity contribution is 7.56. The van der Waals surface area contributed by atoms with E-state index in [9.17, 15) is 19.6 Å². The van der Waals surface area contributed by atoms with Crippen LogP contribution in [0.25, 0.3) is 0 Å². The lowest BCUT2D eigenvalue weighted by Gasteiger charge is -2.31. The smallest absolute Gasteiger partial charge is 0.368 e. The average Bonchev–Trinajstić information content (AvgIpc) is 3.23. The van der Waals surface area contributed by atoms with E-state index in [1.54, 1.807) is 19.1 Å². The van der Waals surface area contributed by atoms with Crippen LogP contribution in [0.15, 0.2) is 34.0 Å². The number of nitrogens with zero attached hydrogens (tertiary/aromatic N) is 1. The van der Waals surface area contributed by atoms with E-state index in [0.29, 0.717) is 22.6 Å². The summed E-state index contributed by atoms with van der Waals surface area (Å²) in [7, 11) is 1.85. The number of hydrogen-bond donors (Lipinski definition) is 3. The monoisotopic (exact) mass is 485 g/mol. The molecule has 0 aliphatic carbocycles. The number of benzene rings is 1. The second kappa shape index (κ2) is 9.65. The maximum atomic E-state index is 12.1. The predicted octanol–water partition coefficient (Wildman–Crippen LogP) is 2.31. The summed E-state index contributed by atoms with van der Waals surface area (Å²) in [6, 6.07) is 4.72. The van der Waals surface area contributed by atoms with Crippen LogP contribution in [0.2, 0.25) is 5.02 Å². The molecule has 2 radical (unpaired) electrons. The number of aliphatic hydroxyl groups is 1. The lowest BCUT2D eigenvalue weighted by atomic mass is 9.88. The molecule has 1 aromatic carbocycles. The molecular weight excluding hydrogens is 461 g/mol. The second-order valence-electron chi connectivity index (χ2n) is 7.06. The van der Waals surface area contributed by atoms with Crippen molar-refractivity contribution < 1.29 is 28.3 Å². The maximum absolute atomic E-state index is 12.1. The first-order chi connectivity index (χ1) is 15.1. The Bertz CT molecular complexity index is 1090. The van der Waals surface area contributed by atoms with E-state index in [0.717, 1.165) is 0 Å². The fourth-order valence-electron chi connectivity index (χ4n) is 3.27. The van der Waals surface area contributed by atoms with Crippen molar-refractivity contribution in [2.45, 2.75) is 58.2 Å². The molecule has 1 saturated heterocycles. The Kier molecular flexibility index (Phi) is 7.51. The first kappa shape index (κ1) is 24.9. The van der Waals surface area contributed by atoms with Crippen LogP contribution in [0.1, 0.15) is 44.0 Å². The van der Waals surface area contributed by atoms with Crippen LogP contribution in [-0.4, -0.2) is 39.2 Å². The first-order valence-electron chi connectivity index (χ1n) is 10.0. The van der Waals surface area contributed by atoms with Gasteiger partial charge in [-0.25, -0.2) is 4.79 Å². The molecule has 1 aromatic heterocycles. The first-order valence-corrected chi connectivity index (χ1v) is 11.9. The zero-order valence-corrected chi connectivity index (χ0v) is 19.4. The summed E-state index contributed by atoms with van der Waals surface area (Å²) in [6.45, 7) is 5.49. The molecule has 0 amide bonds. The van der Waals surface area contributed by atoms with Gasteiger partial charge in [0.1, 0.15) is 18.9 Å². The van der Waals surface area contributed by atoms with Crippen molar-refractivity contribution in [2.24, 2.45) is 0 Å². The number of rotatable bonds is 4.